The van der Waals surface area contributed by atoms with Gasteiger partial charge in [0.25, 0.3) is 5.69 Å². The molecule has 0 radical (unpaired) electrons. The van der Waals surface area contributed by atoms with E-state index in [-0.39, 0.29) is 29.4 Å². The minimum Gasteiger partial charge on any atom is -0.461 e. The summed E-state index contributed by atoms with van der Waals surface area (Å²) in [6.07, 6.45) is 4.71. The molecule has 26 heavy (non-hydrogen) atoms. The van der Waals surface area contributed by atoms with Crippen molar-refractivity contribution in [3.05, 3.63) is 64.3 Å². The van der Waals surface area contributed by atoms with Crippen LogP contribution in [0, 0.1) is 10.1 Å². The number of nitro benzene ring substituents is 1. The monoisotopic (exact) mass is 390 g/mol. The van der Waals surface area contributed by atoms with Crippen LogP contribution in [0.5, 0.6) is 0 Å². The highest BCUT2D eigenvalue weighted by atomic mass is 33.1. The molecule has 136 valence electrons. The van der Waals surface area contributed by atoms with Gasteiger partial charge in [0.05, 0.1) is 16.6 Å². The lowest BCUT2D eigenvalue weighted by molar-refractivity contribution is -0.384. The van der Waals surface area contributed by atoms with Gasteiger partial charge in [0.1, 0.15) is 11.1 Å². The molecule has 1 fully saturated rings. The number of hydrogen-bond donors (Lipinski definition) is 0. The van der Waals surface area contributed by atoms with Crippen LogP contribution in [0.25, 0.3) is 0 Å². The number of aromatic nitrogens is 1. The Hall–Kier alpha value is -2.06. The van der Waals surface area contributed by atoms with Crippen LogP contribution in [-0.2, 0) is 16.0 Å². The predicted molar refractivity (Wildman–Crippen MR) is 102 cm³/mol. The largest absolute Gasteiger partial charge is 0.461 e. The van der Waals surface area contributed by atoms with Crippen molar-refractivity contribution in [3.8, 4) is 0 Å². The Balaban J connectivity index is 1.50. The van der Waals surface area contributed by atoms with Crippen molar-refractivity contribution in [2.75, 3.05) is 0 Å². The van der Waals surface area contributed by atoms with Gasteiger partial charge >= 0.3 is 5.97 Å². The molecule has 0 bridgehead atoms. The Labute approximate surface area is 159 Å². The number of benzene rings is 1. The maximum Gasteiger partial charge on any atom is 0.310 e. The van der Waals surface area contributed by atoms with E-state index in [1.54, 1.807) is 39.9 Å². The van der Waals surface area contributed by atoms with Gasteiger partial charge in [-0.25, -0.2) is 4.98 Å². The standard InChI is InChI=1S/C18H18N2O4S2/c21-18(12-13-7-9-14(10-8-13)20(22)23)24-15-4-3-5-16(15)25-26-17-6-1-2-11-19-17/h1-2,6-11,15-16H,3-5,12H2. The summed E-state index contributed by atoms with van der Waals surface area (Å²) in [7, 11) is 3.31. The van der Waals surface area contributed by atoms with Gasteiger partial charge in [-0.05, 0) is 47.8 Å². The smallest absolute Gasteiger partial charge is 0.310 e. The molecule has 8 heteroatoms. The Morgan fingerprint density at radius 3 is 2.73 bits per heavy atom. The molecule has 1 aliphatic rings. The number of carbonyl (C=O) groups is 1. The lowest BCUT2D eigenvalue weighted by atomic mass is 10.1. The van der Waals surface area contributed by atoms with Gasteiger partial charge in [-0.1, -0.05) is 29.0 Å². The fourth-order valence-electron chi connectivity index (χ4n) is 2.76. The molecular weight excluding hydrogens is 372 g/mol. The molecule has 0 spiro atoms. The Morgan fingerprint density at radius 1 is 1.23 bits per heavy atom. The van der Waals surface area contributed by atoms with Crippen molar-refractivity contribution in [2.45, 2.75) is 42.1 Å². The lowest BCUT2D eigenvalue weighted by Crippen LogP contribution is -2.24. The van der Waals surface area contributed by atoms with Gasteiger partial charge < -0.3 is 4.74 Å². The van der Waals surface area contributed by atoms with Crippen LogP contribution in [0.15, 0.2) is 53.7 Å². The van der Waals surface area contributed by atoms with E-state index >= 15 is 0 Å². The Morgan fingerprint density at radius 2 is 2.04 bits per heavy atom. The second-order valence-electron chi connectivity index (χ2n) is 5.95. The number of nitro groups is 1. The van der Waals surface area contributed by atoms with Crippen molar-refractivity contribution in [3.63, 3.8) is 0 Å². The third kappa shape index (κ3) is 5.22. The molecule has 1 heterocycles. The highest BCUT2D eigenvalue weighted by Gasteiger charge is 2.31. The van der Waals surface area contributed by atoms with Crippen LogP contribution >= 0.6 is 21.6 Å². The number of non-ortho nitro benzene ring substituents is 1. The summed E-state index contributed by atoms with van der Waals surface area (Å²) in [6.45, 7) is 0. The van der Waals surface area contributed by atoms with E-state index in [4.69, 9.17) is 4.74 Å². The minimum absolute atomic E-state index is 0.0147. The van der Waals surface area contributed by atoms with E-state index in [1.807, 2.05) is 18.2 Å². The highest BCUT2D eigenvalue weighted by molar-refractivity contribution is 8.76. The summed E-state index contributed by atoms with van der Waals surface area (Å²) in [5.41, 5.74) is 0.728. The fourth-order valence-corrected chi connectivity index (χ4v) is 5.42. The number of pyridine rings is 1. The van der Waals surface area contributed by atoms with Crippen molar-refractivity contribution >= 4 is 33.2 Å². The average Bonchev–Trinajstić information content (AvgIpc) is 3.08. The fraction of sp³-hybridized carbons (Fsp3) is 0.333. The summed E-state index contributed by atoms with van der Waals surface area (Å²) in [6, 6.07) is 11.8. The zero-order valence-corrected chi connectivity index (χ0v) is 15.6. The van der Waals surface area contributed by atoms with Crippen LogP contribution in [0.3, 0.4) is 0 Å². The Bertz CT molecular complexity index is 756. The first-order valence-corrected chi connectivity index (χ1v) is 10.5. The number of ether oxygens (including phenoxy) is 1. The molecule has 2 atom stereocenters. The van der Waals surface area contributed by atoms with Crippen LogP contribution in [0.1, 0.15) is 24.8 Å². The summed E-state index contributed by atoms with van der Waals surface area (Å²) < 4.78 is 5.67. The quantitative estimate of drug-likeness (QED) is 0.299. The van der Waals surface area contributed by atoms with Gasteiger partial charge in [-0.15, -0.1) is 0 Å². The second-order valence-corrected chi connectivity index (χ2v) is 8.41. The summed E-state index contributed by atoms with van der Waals surface area (Å²) in [4.78, 5) is 26.7. The molecule has 2 aromatic rings. The first-order chi connectivity index (χ1) is 12.6. The van der Waals surface area contributed by atoms with Gasteiger partial charge in [0.2, 0.25) is 0 Å². The highest BCUT2D eigenvalue weighted by Crippen LogP contribution is 2.41. The maximum absolute atomic E-state index is 12.2. The molecule has 0 aliphatic heterocycles. The second kappa shape index (κ2) is 9.05. The number of rotatable bonds is 7. The number of esters is 1. The normalized spacial score (nSPS) is 19.2. The van der Waals surface area contributed by atoms with E-state index < -0.39 is 4.92 Å². The van der Waals surface area contributed by atoms with Crippen molar-refractivity contribution in [1.29, 1.82) is 0 Å². The van der Waals surface area contributed by atoms with E-state index in [2.05, 4.69) is 4.98 Å². The third-order valence-corrected chi connectivity index (χ3v) is 6.90. The van der Waals surface area contributed by atoms with Crippen molar-refractivity contribution in [2.24, 2.45) is 0 Å². The predicted octanol–water partition coefficient (Wildman–Crippen LogP) is 4.44. The SMILES string of the molecule is O=C(Cc1ccc([N+](=O)[O-])cc1)OC1CCCC1SSc1ccccn1. The van der Waals surface area contributed by atoms with Crippen molar-refractivity contribution < 1.29 is 14.5 Å². The van der Waals surface area contributed by atoms with E-state index in [9.17, 15) is 14.9 Å². The van der Waals surface area contributed by atoms with Gasteiger partial charge in [0.15, 0.2) is 0 Å². The summed E-state index contributed by atoms with van der Waals surface area (Å²) >= 11 is 0. The van der Waals surface area contributed by atoms with E-state index in [0.717, 1.165) is 24.3 Å². The topological polar surface area (TPSA) is 82.3 Å². The number of nitrogens with zero attached hydrogens (tertiary/aromatic N) is 2. The first kappa shape index (κ1) is 18.7. The molecule has 1 aromatic heterocycles. The van der Waals surface area contributed by atoms with Gasteiger partial charge in [0, 0.05) is 18.3 Å². The van der Waals surface area contributed by atoms with Crippen LogP contribution in [0.2, 0.25) is 0 Å². The molecule has 2 unspecified atom stereocenters. The zero-order chi connectivity index (χ0) is 18.4. The minimum atomic E-state index is -0.457. The number of carbonyl (C=O) groups excluding carboxylic acids is 1. The molecule has 0 amide bonds. The third-order valence-electron chi connectivity index (χ3n) is 4.07. The van der Waals surface area contributed by atoms with Crippen LogP contribution in [0.4, 0.5) is 5.69 Å². The number of hydrogen-bond acceptors (Lipinski definition) is 7. The van der Waals surface area contributed by atoms with Crippen LogP contribution < -0.4 is 0 Å². The van der Waals surface area contributed by atoms with E-state index in [0.29, 0.717) is 5.56 Å². The first-order valence-electron chi connectivity index (χ1n) is 8.29. The molecule has 1 aliphatic carbocycles. The molecular formula is C18H18N2O4S2. The molecule has 6 nitrogen and oxygen atoms in total. The lowest BCUT2D eigenvalue weighted by Gasteiger charge is -2.19. The Kier molecular flexibility index (Phi) is 6.51. The van der Waals surface area contributed by atoms with Gasteiger partial charge in [-0.3, -0.25) is 14.9 Å². The molecule has 1 aromatic carbocycles. The van der Waals surface area contributed by atoms with E-state index in [1.165, 1.54) is 12.1 Å². The maximum atomic E-state index is 12.2. The molecule has 1 saturated carbocycles. The van der Waals surface area contributed by atoms with Crippen molar-refractivity contribution in [1.82, 2.24) is 4.98 Å². The molecule has 0 N–H and O–H groups in total. The van der Waals surface area contributed by atoms with Crippen LogP contribution in [-0.4, -0.2) is 27.2 Å². The summed E-state index contributed by atoms with van der Waals surface area (Å²) in [5.74, 6) is -0.292. The average molecular weight is 390 g/mol. The summed E-state index contributed by atoms with van der Waals surface area (Å²) in [5, 5.41) is 11.9. The van der Waals surface area contributed by atoms with Gasteiger partial charge in [-0.2, -0.15) is 0 Å². The molecule has 0 saturated heterocycles. The zero-order valence-electron chi connectivity index (χ0n) is 13.9. The molecule has 3 rings (SSSR count).